The van der Waals surface area contributed by atoms with Crippen molar-refractivity contribution in [2.24, 2.45) is 0 Å². The third kappa shape index (κ3) is 5.43. The first-order valence-electron chi connectivity index (χ1n) is 10.6. The number of halogens is 2. The van der Waals surface area contributed by atoms with Crippen LogP contribution in [0.25, 0.3) is 0 Å². The molecule has 0 bridgehead atoms. The molecule has 1 unspecified atom stereocenters. The third-order valence-electron chi connectivity index (χ3n) is 5.40. The number of benzene rings is 2. The molecule has 0 aliphatic carbocycles. The number of rotatable bonds is 9. The van der Waals surface area contributed by atoms with Gasteiger partial charge in [0.05, 0.1) is 6.61 Å². The third-order valence-corrected chi connectivity index (χ3v) is 5.83. The van der Waals surface area contributed by atoms with Crippen LogP contribution in [-0.4, -0.2) is 47.3 Å². The molecule has 0 radical (unpaired) electrons. The lowest BCUT2D eigenvalue weighted by atomic mass is 10.0. The van der Waals surface area contributed by atoms with Gasteiger partial charge in [-0.05, 0) is 55.7 Å². The normalized spacial score (nSPS) is 13.6. The van der Waals surface area contributed by atoms with Gasteiger partial charge in [0.25, 0.3) is 5.91 Å². The highest BCUT2D eigenvalue weighted by atomic mass is 35.5. The summed E-state index contributed by atoms with van der Waals surface area (Å²) < 4.78 is 5.23. The maximum Gasteiger partial charge on any atom is 0.333 e. The van der Waals surface area contributed by atoms with E-state index in [2.05, 4.69) is 0 Å². The fraction of sp³-hybridized carbons (Fsp3) is 0.375. The lowest BCUT2D eigenvalue weighted by Gasteiger charge is -2.30. The Bertz CT molecular complexity index is 991. The van der Waals surface area contributed by atoms with Crippen LogP contribution in [0.15, 0.2) is 42.5 Å². The minimum atomic E-state index is -0.943. The highest BCUT2D eigenvalue weighted by molar-refractivity contribution is 6.34. The van der Waals surface area contributed by atoms with Crippen LogP contribution in [0.5, 0.6) is 0 Å². The summed E-state index contributed by atoms with van der Waals surface area (Å²) in [6.45, 7) is 5.02. The minimum Gasteiger partial charge on any atom is -0.464 e. The number of esters is 1. The van der Waals surface area contributed by atoms with Crippen molar-refractivity contribution < 1.29 is 19.1 Å². The van der Waals surface area contributed by atoms with Crippen molar-refractivity contribution in [1.82, 2.24) is 9.80 Å². The Kier molecular flexibility index (Phi) is 8.15. The number of carbonyl (C=O) groups is 3. The zero-order valence-electron chi connectivity index (χ0n) is 18.1. The molecule has 2 aromatic carbocycles. The smallest absolute Gasteiger partial charge is 0.333 e. The first kappa shape index (κ1) is 24.1. The molecule has 0 fully saturated rings. The molecule has 0 saturated carbocycles. The molecule has 0 spiro atoms. The number of nitrogens with zero attached hydrogens (tertiary/aromatic N) is 2. The van der Waals surface area contributed by atoms with Gasteiger partial charge in [-0.25, -0.2) is 4.79 Å². The maximum atomic E-state index is 13.1. The largest absolute Gasteiger partial charge is 0.464 e. The molecular formula is C24H26Cl2N2O4. The maximum absolute atomic E-state index is 13.1. The second-order valence-electron chi connectivity index (χ2n) is 7.52. The van der Waals surface area contributed by atoms with Crippen LogP contribution in [-0.2, 0) is 20.9 Å². The number of hydrogen-bond donors (Lipinski definition) is 0. The van der Waals surface area contributed by atoms with E-state index in [1.165, 1.54) is 4.90 Å². The molecule has 8 heteroatoms. The number of fused-ring (bicyclic) bond motifs is 1. The van der Waals surface area contributed by atoms with E-state index in [0.717, 1.165) is 5.56 Å². The molecule has 32 heavy (non-hydrogen) atoms. The van der Waals surface area contributed by atoms with Crippen molar-refractivity contribution >= 4 is 41.0 Å². The van der Waals surface area contributed by atoms with Gasteiger partial charge in [-0.15, -0.1) is 0 Å². The summed E-state index contributed by atoms with van der Waals surface area (Å²) in [6, 6.07) is 11.4. The van der Waals surface area contributed by atoms with Gasteiger partial charge in [0, 0.05) is 41.7 Å². The van der Waals surface area contributed by atoms with Gasteiger partial charge < -0.3 is 14.5 Å². The summed E-state index contributed by atoms with van der Waals surface area (Å²) in [5.41, 5.74) is 2.22. The van der Waals surface area contributed by atoms with E-state index in [1.54, 1.807) is 36.9 Å². The van der Waals surface area contributed by atoms with Crippen molar-refractivity contribution in [2.45, 2.75) is 39.3 Å². The zero-order chi connectivity index (χ0) is 23.3. The highest BCUT2D eigenvalue weighted by Crippen LogP contribution is 2.29. The van der Waals surface area contributed by atoms with E-state index < -0.39 is 12.0 Å². The predicted molar refractivity (Wildman–Crippen MR) is 124 cm³/mol. The Hall–Kier alpha value is -2.57. The summed E-state index contributed by atoms with van der Waals surface area (Å²) in [7, 11) is 0. The molecule has 2 aromatic rings. The fourth-order valence-electron chi connectivity index (χ4n) is 3.96. The van der Waals surface area contributed by atoms with E-state index in [1.807, 2.05) is 24.3 Å². The number of amides is 2. The minimum absolute atomic E-state index is 0.0154. The van der Waals surface area contributed by atoms with Crippen LogP contribution >= 0.6 is 23.2 Å². The summed E-state index contributed by atoms with van der Waals surface area (Å²) >= 11 is 12.3. The molecule has 0 aromatic heterocycles. The molecule has 6 nitrogen and oxygen atoms in total. The summed E-state index contributed by atoms with van der Waals surface area (Å²) in [6.07, 6.45) is 0.680. The molecule has 0 saturated heterocycles. The lowest BCUT2D eigenvalue weighted by Crippen LogP contribution is -2.40. The number of likely N-dealkylation sites (N-methyl/N-ethyl adjacent to an activating group) is 1. The average Bonchev–Trinajstić information content (AvgIpc) is 3.07. The van der Waals surface area contributed by atoms with Gasteiger partial charge in [0.15, 0.2) is 6.04 Å². The van der Waals surface area contributed by atoms with Gasteiger partial charge >= 0.3 is 5.97 Å². The van der Waals surface area contributed by atoms with Crippen molar-refractivity contribution in [3.63, 3.8) is 0 Å². The van der Waals surface area contributed by atoms with Crippen molar-refractivity contribution in [2.75, 3.05) is 19.7 Å². The summed E-state index contributed by atoms with van der Waals surface area (Å²) in [5.74, 6) is -0.754. The molecule has 1 aliphatic rings. The Labute approximate surface area is 198 Å². The topological polar surface area (TPSA) is 66.9 Å². The summed E-state index contributed by atoms with van der Waals surface area (Å²) in [4.78, 5) is 41.6. The van der Waals surface area contributed by atoms with Crippen LogP contribution in [0.3, 0.4) is 0 Å². The van der Waals surface area contributed by atoms with Crippen LogP contribution in [0, 0.1) is 0 Å². The quantitative estimate of drug-likeness (QED) is 0.483. The van der Waals surface area contributed by atoms with Gasteiger partial charge in [0.1, 0.15) is 0 Å². The number of ether oxygens (including phenoxy) is 1. The molecule has 1 atom stereocenters. The number of carbonyl (C=O) groups excluding carboxylic acids is 3. The van der Waals surface area contributed by atoms with Crippen LogP contribution < -0.4 is 0 Å². The molecule has 0 N–H and O–H groups in total. The predicted octanol–water partition coefficient (Wildman–Crippen LogP) is 4.88. The lowest BCUT2D eigenvalue weighted by molar-refractivity contribution is -0.155. The Balaban J connectivity index is 1.69. The van der Waals surface area contributed by atoms with Crippen LogP contribution in [0.2, 0.25) is 10.0 Å². The molecule has 2 amide bonds. The zero-order valence-corrected chi connectivity index (χ0v) is 19.7. The second-order valence-corrected chi connectivity index (χ2v) is 8.40. The Morgan fingerprint density at radius 1 is 1.12 bits per heavy atom. The molecule has 3 rings (SSSR count). The Morgan fingerprint density at radius 3 is 2.44 bits per heavy atom. The van der Waals surface area contributed by atoms with E-state index in [4.69, 9.17) is 27.9 Å². The fourth-order valence-corrected chi connectivity index (χ4v) is 4.50. The standard InChI is InChI=1S/C24H26Cl2N2O4/c1-3-28(22(24(31)32-4-2)17-12-18(25)14-19(26)13-17)21(29)10-7-11-27-15-16-8-5-6-9-20(16)23(27)30/h5-6,8-9,12-14,22H,3-4,7,10-11,15H2,1-2H3. The average molecular weight is 477 g/mol. The van der Waals surface area contributed by atoms with E-state index >= 15 is 0 Å². The summed E-state index contributed by atoms with van der Waals surface area (Å²) in [5, 5.41) is 0.745. The van der Waals surface area contributed by atoms with Gasteiger partial charge in [-0.2, -0.15) is 0 Å². The molecule has 170 valence electrons. The highest BCUT2D eigenvalue weighted by Gasteiger charge is 2.32. The molecule has 1 aliphatic heterocycles. The van der Waals surface area contributed by atoms with Crippen molar-refractivity contribution in [3.8, 4) is 0 Å². The van der Waals surface area contributed by atoms with Crippen LogP contribution in [0.4, 0.5) is 0 Å². The SMILES string of the molecule is CCOC(=O)C(c1cc(Cl)cc(Cl)c1)N(CC)C(=O)CCCN1Cc2ccccc2C1=O. The first-order chi connectivity index (χ1) is 15.3. The van der Waals surface area contributed by atoms with Gasteiger partial charge in [0.2, 0.25) is 5.91 Å². The Morgan fingerprint density at radius 2 is 1.81 bits per heavy atom. The van der Waals surface area contributed by atoms with E-state index in [9.17, 15) is 14.4 Å². The van der Waals surface area contributed by atoms with Gasteiger partial charge in [-0.1, -0.05) is 41.4 Å². The first-order valence-corrected chi connectivity index (χ1v) is 11.4. The van der Waals surface area contributed by atoms with Crippen molar-refractivity contribution in [1.29, 1.82) is 0 Å². The molecule has 1 heterocycles. The number of hydrogen-bond acceptors (Lipinski definition) is 4. The van der Waals surface area contributed by atoms with Crippen LogP contribution in [0.1, 0.15) is 54.2 Å². The monoisotopic (exact) mass is 476 g/mol. The van der Waals surface area contributed by atoms with E-state index in [0.29, 0.717) is 47.2 Å². The molecular weight excluding hydrogens is 451 g/mol. The second kappa shape index (κ2) is 10.8. The van der Waals surface area contributed by atoms with E-state index in [-0.39, 0.29) is 24.8 Å². The van der Waals surface area contributed by atoms with Crippen molar-refractivity contribution in [3.05, 3.63) is 69.2 Å². The van der Waals surface area contributed by atoms with Gasteiger partial charge in [-0.3, -0.25) is 9.59 Å².